The molecule has 2 saturated heterocycles. The van der Waals surface area contributed by atoms with Gasteiger partial charge in [0.05, 0.1) is 49.8 Å². The summed E-state index contributed by atoms with van der Waals surface area (Å²) in [5, 5.41) is 14.1. The molecule has 0 bridgehead atoms. The first-order valence-electron chi connectivity index (χ1n) is 13.9. The SMILES string of the molecule is COc1ccc(S(=O)(=O)N(C[C@@H](O)[C@H](Cc2ccccc2)NC(=O)O[C@H]2CO[C@H]3OCCC32)NC(=O)OC(C)(C)C)cc1. The van der Waals surface area contributed by atoms with Crippen LogP contribution in [0, 0.1) is 5.92 Å². The van der Waals surface area contributed by atoms with Crippen LogP contribution >= 0.6 is 0 Å². The maximum Gasteiger partial charge on any atom is 0.423 e. The van der Waals surface area contributed by atoms with Gasteiger partial charge in [-0.2, -0.15) is 0 Å². The molecular weight excluding hydrogens is 582 g/mol. The Balaban J connectivity index is 1.55. The molecule has 2 aromatic rings. The quantitative estimate of drug-likeness (QED) is 0.318. The number of nitrogens with zero attached hydrogens (tertiary/aromatic N) is 1. The molecule has 2 aromatic carbocycles. The van der Waals surface area contributed by atoms with Gasteiger partial charge in [0, 0.05) is 0 Å². The molecule has 2 amide bonds. The van der Waals surface area contributed by atoms with Crippen LogP contribution in [-0.4, -0.2) is 87.1 Å². The second kappa shape index (κ2) is 13.9. The van der Waals surface area contributed by atoms with Crippen LogP contribution in [0.2, 0.25) is 0 Å². The van der Waals surface area contributed by atoms with Gasteiger partial charge in [-0.05, 0) is 63.4 Å². The van der Waals surface area contributed by atoms with Crippen LogP contribution in [0.1, 0.15) is 32.8 Å². The number of ether oxygens (including phenoxy) is 5. The van der Waals surface area contributed by atoms with E-state index in [1.165, 1.54) is 31.4 Å². The summed E-state index contributed by atoms with van der Waals surface area (Å²) >= 11 is 0. The van der Waals surface area contributed by atoms with Gasteiger partial charge >= 0.3 is 12.2 Å². The third-order valence-electron chi connectivity index (χ3n) is 6.92. The second-order valence-corrected chi connectivity index (χ2v) is 13.2. The molecule has 2 aliphatic rings. The minimum Gasteiger partial charge on any atom is -0.497 e. The van der Waals surface area contributed by atoms with Gasteiger partial charge in [-0.1, -0.05) is 30.3 Å². The van der Waals surface area contributed by atoms with Crippen LogP contribution in [0.3, 0.4) is 0 Å². The molecule has 3 N–H and O–H groups in total. The van der Waals surface area contributed by atoms with Crippen molar-refractivity contribution in [2.45, 2.75) is 68.6 Å². The maximum absolute atomic E-state index is 13.7. The van der Waals surface area contributed by atoms with Crippen molar-refractivity contribution in [3.05, 3.63) is 60.2 Å². The number of amides is 2. The van der Waals surface area contributed by atoms with Crippen molar-refractivity contribution in [2.24, 2.45) is 5.92 Å². The molecule has 1 unspecified atom stereocenters. The number of aliphatic hydroxyl groups excluding tert-OH is 1. The average molecular weight is 622 g/mol. The Labute approximate surface area is 251 Å². The summed E-state index contributed by atoms with van der Waals surface area (Å²) in [5.74, 6) is 0.339. The standard InChI is InChI=1S/C29H39N3O10S/c1-29(2,3)42-28(35)31-32(43(36,37)21-12-10-20(38-4)11-13-21)17-24(33)23(16-19-8-6-5-7-9-19)30-27(34)41-25-18-40-26-22(25)14-15-39-26/h5-13,22-26,33H,14-18H2,1-4H3,(H,30,34)(H,31,35)/t22?,23-,24+,25-,26+/m0/s1. The molecule has 0 aliphatic carbocycles. The summed E-state index contributed by atoms with van der Waals surface area (Å²) in [7, 11) is -2.96. The summed E-state index contributed by atoms with van der Waals surface area (Å²) < 4.78 is 55.0. The predicted molar refractivity (Wildman–Crippen MR) is 153 cm³/mol. The Morgan fingerprint density at radius 1 is 1.07 bits per heavy atom. The molecule has 5 atom stereocenters. The van der Waals surface area contributed by atoms with Gasteiger partial charge in [-0.15, -0.1) is 4.41 Å². The number of carbonyl (C=O) groups excluding carboxylic acids is 2. The summed E-state index contributed by atoms with van der Waals surface area (Å²) in [6.07, 6.45) is -3.46. The van der Waals surface area contributed by atoms with Gasteiger partial charge < -0.3 is 34.1 Å². The number of sulfonamides is 1. The number of fused-ring (bicyclic) bond motifs is 1. The Kier molecular flexibility index (Phi) is 10.5. The number of hydrazine groups is 1. The average Bonchev–Trinajstić information content (AvgIpc) is 3.57. The fourth-order valence-corrected chi connectivity index (χ4v) is 6.08. The molecule has 236 valence electrons. The van der Waals surface area contributed by atoms with Crippen LogP contribution in [0.25, 0.3) is 0 Å². The summed E-state index contributed by atoms with van der Waals surface area (Å²) in [6, 6.07) is 13.6. The molecule has 0 radical (unpaired) electrons. The van der Waals surface area contributed by atoms with Crippen molar-refractivity contribution in [1.82, 2.24) is 15.2 Å². The highest BCUT2D eigenvalue weighted by Crippen LogP contribution is 2.33. The lowest BCUT2D eigenvalue weighted by atomic mass is 10.0. The number of benzene rings is 2. The zero-order valence-corrected chi connectivity index (χ0v) is 25.4. The number of nitrogens with one attached hydrogen (secondary N) is 2. The first-order valence-corrected chi connectivity index (χ1v) is 15.4. The van der Waals surface area contributed by atoms with E-state index in [0.29, 0.717) is 23.2 Å². The lowest BCUT2D eigenvalue weighted by Crippen LogP contribution is -2.55. The first-order chi connectivity index (χ1) is 20.4. The van der Waals surface area contributed by atoms with Gasteiger partial charge in [0.25, 0.3) is 10.0 Å². The summed E-state index contributed by atoms with van der Waals surface area (Å²) in [5.41, 5.74) is 2.09. The molecule has 2 fully saturated rings. The lowest BCUT2D eigenvalue weighted by molar-refractivity contribution is -0.0907. The van der Waals surface area contributed by atoms with Gasteiger partial charge in [0.1, 0.15) is 17.5 Å². The Bertz CT molecular complexity index is 1330. The van der Waals surface area contributed by atoms with Crippen molar-refractivity contribution in [2.75, 3.05) is 26.9 Å². The molecule has 2 heterocycles. The van der Waals surface area contributed by atoms with E-state index in [4.69, 9.17) is 23.7 Å². The van der Waals surface area contributed by atoms with E-state index < -0.39 is 58.9 Å². The van der Waals surface area contributed by atoms with Crippen molar-refractivity contribution in [3.63, 3.8) is 0 Å². The summed E-state index contributed by atoms with van der Waals surface area (Å²) in [6.45, 7) is 4.95. The van der Waals surface area contributed by atoms with Crippen molar-refractivity contribution in [1.29, 1.82) is 0 Å². The van der Waals surface area contributed by atoms with E-state index in [9.17, 15) is 23.1 Å². The van der Waals surface area contributed by atoms with Gasteiger partial charge in [0.15, 0.2) is 6.29 Å². The van der Waals surface area contributed by atoms with Crippen LogP contribution in [0.15, 0.2) is 59.5 Å². The number of aliphatic hydroxyl groups is 1. The van der Waals surface area contributed by atoms with Crippen LogP contribution in [-0.2, 0) is 35.4 Å². The molecular formula is C29H39N3O10S. The number of hydrogen-bond acceptors (Lipinski definition) is 10. The number of carbonyl (C=O) groups is 2. The first kappa shape index (κ1) is 32.5. The molecule has 14 heteroatoms. The van der Waals surface area contributed by atoms with E-state index in [0.717, 1.165) is 5.56 Å². The third kappa shape index (κ3) is 8.80. The molecule has 2 aliphatic heterocycles. The highest BCUT2D eigenvalue weighted by atomic mass is 32.2. The molecule has 13 nitrogen and oxygen atoms in total. The van der Waals surface area contributed by atoms with E-state index in [2.05, 4.69) is 10.7 Å². The van der Waals surface area contributed by atoms with Crippen molar-refractivity contribution < 1.29 is 46.8 Å². The Hall–Kier alpha value is -3.43. The maximum atomic E-state index is 13.7. The van der Waals surface area contributed by atoms with Crippen LogP contribution < -0.4 is 15.5 Å². The van der Waals surface area contributed by atoms with E-state index in [1.54, 1.807) is 32.9 Å². The van der Waals surface area contributed by atoms with E-state index >= 15 is 0 Å². The predicted octanol–water partition coefficient (Wildman–Crippen LogP) is 2.59. The van der Waals surface area contributed by atoms with E-state index in [-0.39, 0.29) is 23.8 Å². The zero-order valence-electron chi connectivity index (χ0n) is 24.6. The number of alkyl carbamates (subject to hydrolysis) is 1. The highest BCUT2D eigenvalue weighted by molar-refractivity contribution is 7.89. The number of methoxy groups -OCH3 is 1. The van der Waals surface area contributed by atoms with Crippen LogP contribution in [0.5, 0.6) is 5.75 Å². The number of rotatable bonds is 11. The summed E-state index contributed by atoms with van der Waals surface area (Å²) in [4.78, 5) is 25.5. The Morgan fingerprint density at radius 3 is 2.42 bits per heavy atom. The molecule has 43 heavy (non-hydrogen) atoms. The molecule has 0 aromatic heterocycles. The van der Waals surface area contributed by atoms with Gasteiger partial charge in [-0.25, -0.2) is 23.4 Å². The van der Waals surface area contributed by atoms with Crippen LogP contribution in [0.4, 0.5) is 9.59 Å². The van der Waals surface area contributed by atoms with E-state index in [1.807, 2.05) is 18.2 Å². The Morgan fingerprint density at radius 2 is 1.77 bits per heavy atom. The van der Waals surface area contributed by atoms with Gasteiger partial charge in [-0.3, -0.25) is 0 Å². The molecule has 0 saturated carbocycles. The topological polar surface area (TPSA) is 162 Å². The normalized spacial score (nSPS) is 21.5. The van der Waals surface area contributed by atoms with Crippen molar-refractivity contribution >= 4 is 22.2 Å². The highest BCUT2D eigenvalue weighted by Gasteiger charge is 2.44. The fraction of sp³-hybridized carbons (Fsp3) is 0.517. The minimum atomic E-state index is -4.40. The third-order valence-corrected chi connectivity index (χ3v) is 8.61. The second-order valence-electron chi connectivity index (χ2n) is 11.3. The van der Waals surface area contributed by atoms with Gasteiger partial charge in [0.2, 0.25) is 0 Å². The van der Waals surface area contributed by atoms with Crippen molar-refractivity contribution in [3.8, 4) is 5.75 Å². The molecule has 0 spiro atoms. The monoisotopic (exact) mass is 621 g/mol. The zero-order chi connectivity index (χ0) is 31.2. The minimum absolute atomic E-state index is 0.0913. The fourth-order valence-electron chi connectivity index (χ4n) is 4.80. The molecule has 4 rings (SSSR count). The largest absolute Gasteiger partial charge is 0.497 e. The smallest absolute Gasteiger partial charge is 0.423 e. The lowest BCUT2D eigenvalue weighted by Gasteiger charge is -2.30. The number of hydrogen-bond donors (Lipinski definition) is 3.